The number of nitrogens with zero attached hydrogens (tertiary/aromatic N) is 1. The van der Waals surface area contributed by atoms with E-state index in [1.165, 1.54) is 31.4 Å². The molecule has 1 aromatic rings. The fraction of sp³-hybridized carbons (Fsp3) is 0.0714. The Morgan fingerprint density at radius 1 is 1.14 bits per heavy atom. The van der Waals surface area contributed by atoms with Gasteiger partial charge in [-0.25, -0.2) is 4.39 Å². The third kappa shape index (κ3) is 3.57. The Morgan fingerprint density at radius 2 is 1.71 bits per heavy atom. The predicted octanol–water partition coefficient (Wildman–Crippen LogP) is 1.30. The molecule has 0 radical (unpaired) electrons. The van der Waals surface area contributed by atoms with E-state index in [0.29, 0.717) is 0 Å². The van der Waals surface area contributed by atoms with Crippen LogP contribution in [0.1, 0.15) is 0 Å². The summed E-state index contributed by atoms with van der Waals surface area (Å²) in [6, 6.07) is 4.36. The molecule has 0 heterocycles. The van der Waals surface area contributed by atoms with Crippen LogP contribution in [0.4, 0.5) is 4.39 Å². The first kappa shape index (κ1) is 15.0. The number of benzene rings is 1. The summed E-state index contributed by atoms with van der Waals surface area (Å²) in [5, 5.41) is 11.3. The van der Waals surface area contributed by atoms with Crippen LogP contribution in [-0.2, 0) is 14.8 Å². The van der Waals surface area contributed by atoms with E-state index < -0.39 is 21.8 Å². The highest BCUT2D eigenvalue weighted by atomic mass is 32.2. The molecule has 7 heteroatoms. The molecule has 0 unspecified atom stereocenters. The van der Waals surface area contributed by atoms with Crippen molar-refractivity contribution in [1.29, 1.82) is 0 Å². The van der Waals surface area contributed by atoms with Crippen molar-refractivity contribution in [2.24, 2.45) is 4.40 Å². The maximum atomic E-state index is 12.8. The lowest BCUT2D eigenvalue weighted by Crippen LogP contribution is -2.10. The Hall–Kier alpha value is -2.41. The Kier molecular flexibility index (Phi) is 4.23. The Bertz CT molecular complexity index is 741. The largest absolute Gasteiger partial charge is 0.616 e. The lowest BCUT2D eigenvalue weighted by molar-refractivity contribution is -0.354. The number of allylic oxidation sites excluding steroid dienone is 5. The van der Waals surface area contributed by atoms with Crippen molar-refractivity contribution >= 4 is 15.7 Å². The molecule has 0 aliphatic heterocycles. The Balaban J connectivity index is 2.29. The summed E-state index contributed by atoms with van der Waals surface area (Å²) in [4.78, 5) is -0.110. The average molecular weight is 308 g/mol. The van der Waals surface area contributed by atoms with E-state index >= 15 is 0 Å². The first-order chi connectivity index (χ1) is 9.92. The summed E-state index contributed by atoms with van der Waals surface area (Å²) in [6.45, 7) is 0. The van der Waals surface area contributed by atoms with Crippen LogP contribution in [0.3, 0.4) is 0 Å². The van der Waals surface area contributed by atoms with Gasteiger partial charge >= 0.3 is 0 Å². The zero-order valence-corrected chi connectivity index (χ0v) is 11.8. The van der Waals surface area contributed by atoms with E-state index in [0.717, 1.165) is 24.3 Å². The summed E-state index contributed by atoms with van der Waals surface area (Å²) in [5.41, 5.74) is 0.447. The van der Waals surface area contributed by atoms with Gasteiger partial charge in [-0.05, 0) is 49.1 Å². The van der Waals surface area contributed by atoms with Crippen molar-refractivity contribution in [3.63, 3.8) is 0 Å². The molecule has 5 nitrogen and oxygen atoms in total. The molecule has 0 saturated carbocycles. The van der Waals surface area contributed by atoms with Gasteiger partial charge in [0, 0.05) is 0 Å². The molecule has 21 heavy (non-hydrogen) atoms. The van der Waals surface area contributed by atoms with Gasteiger partial charge in [-0.2, -0.15) is 12.8 Å². The quantitative estimate of drug-likeness (QED) is 0.788. The zero-order chi connectivity index (χ0) is 15.5. The van der Waals surface area contributed by atoms with Gasteiger partial charge in [-0.1, -0.05) is 12.2 Å². The highest BCUT2D eigenvalue weighted by Gasteiger charge is 2.13. The summed E-state index contributed by atoms with van der Waals surface area (Å²) in [7, 11) is -2.68. The molecule has 0 bridgehead atoms. The lowest BCUT2D eigenvalue weighted by atomic mass is 10.1. The molecular formula is C14H11FNO4S-. The van der Waals surface area contributed by atoms with Crippen molar-refractivity contribution in [3.8, 4) is 0 Å². The fourth-order valence-corrected chi connectivity index (χ4v) is 2.56. The fourth-order valence-electron chi connectivity index (χ4n) is 1.57. The molecule has 0 amide bonds. The molecule has 0 atom stereocenters. The van der Waals surface area contributed by atoms with E-state index in [4.69, 9.17) is 0 Å². The first-order valence-electron chi connectivity index (χ1n) is 5.84. The van der Waals surface area contributed by atoms with E-state index in [2.05, 4.69) is 9.13 Å². The van der Waals surface area contributed by atoms with Gasteiger partial charge in [0.2, 0.25) is 0 Å². The van der Waals surface area contributed by atoms with Crippen molar-refractivity contribution in [3.05, 3.63) is 65.9 Å². The average Bonchev–Trinajstić information content (AvgIpc) is 2.47. The second-order valence-corrected chi connectivity index (χ2v) is 5.66. The van der Waals surface area contributed by atoms with Gasteiger partial charge in [0.05, 0.1) is 16.6 Å². The van der Waals surface area contributed by atoms with Crippen LogP contribution >= 0.6 is 0 Å². The summed E-state index contributed by atoms with van der Waals surface area (Å²) in [5.74, 6) is -1.06. The van der Waals surface area contributed by atoms with Gasteiger partial charge in [-0.3, -0.25) is 0 Å². The maximum absolute atomic E-state index is 12.8. The van der Waals surface area contributed by atoms with Crippen LogP contribution < -0.4 is 5.11 Å². The van der Waals surface area contributed by atoms with Crippen LogP contribution in [0, 0.1) is 5.82 Å². The number of hydrogen-bond donors (Lipinski definition) is 0. The third-order valence-corrected chi connectivity index (χ3v) is 3.94. The molecule has 0 fully saturated rings. The van der Waals surface area contributed by atoms with E-state index in [-0.39, 0.29) is 16.2 Å². The minimum Gasteiger partial charge on any atom is -0.616 e. The zero-order valence-electron chi connectivity index (χ0n) is 11.0. The van der Waals surface area contributed by atoms with Crippen molar-refractivity contribution in [2.45, 2.75) is 4.90 Å². The normalized spacial score (nSPS) is 14.2. The minimum atomic E-state index is -3.93. The monoisotopic (exact) mass is 308 g/mol. The van der Waals surface area contributed by atoms with Gasteiger partial charge in [0.15, 0.2) is 0 Å². The number of sulfonamides is 1. The Labute approximate surface area is 121 Å². The molecule has 0 spiro atoms. The topological polar surface area (TPSA) is 78.8 Å². The van der Waals surface area contributed by atoms with Crippen LogP contribution in [-0.4, -0.2) is 21.2 Å². The molecule has 0 saturated heterocycles. The van der Waals surface area contributed by atoms with Crippen molar-refractivity contribution in [2.75, 3.05) is 7.11 Å². The summed E-state index contributed by atoms with van der Waals surface area (Å²) < 4.78 is 44.9. The van der Waals surface area contributed by atoms with Crippen LogP contribution in [0.5, 0.6) is 0 Å². The van der Waals surface area contributed by atoms with Crippen LogP contribution in [0.2, 0.25) is 0 Å². The van der Waals surface area contributed by atoms with Gasteiger partial charge in [0.1, 0.15) is 5.82 Å². The number of rotatable bonds is 3. The number of methoxy groups -OCH3 is 1. The highest BCUT2D eigenvalue weighted by Crippen LogP contribution is 2.16. The third-order valence-electron chi connectivity index (χ3n) is 2.63. The van der Waals surface area contributed by atoms with Gasteiger partial charge in [-0.15, -0.1) is 0 Å². The first-order valence-corrected chi connectivity index (χ1v) is 7.28. The number of ether oxygens (including phenoxy) is 1. The molecule has 110 valence electrons. The van der Waals surface area contributed by atoms with Gasteiger partial charge < -0.3 is 9.84 Å². The van der Waals surface area contributed by atoms with E-state index in [1.807, 2.05) is 0 Å². The van der Waals surface area contributed by atoms with E-state index in [9.17, 15) is 17.9 Å². The van der Waals surface area contributed by atoms with Crippen molar-refractivity contribution in [1.82, 2.24) is 0 Å². The summed E-state index contributed by atoms with van der Waals surface area (Å²) in [6.07, 6.45) is 5.58. The van der Waals surface area contributed by atoms with Crippen LogP contribution in [0.25, 0.3) is 0 Å². The van der Waals surface area contributed by atoms with Crippen LogP contribution in [0.15, 0.2) is 69.4 Å². The molecule has 0 N–H and O–H groups in total. The molecule has 1 aliphatic rings. The minimum absolute atomic E-state index is 0.110. The Morgan fingerprint density at radius 3 is 2.24 bits per heavy atom. The number of halogens is 1. The number of hydrogen-bond acceptors (Lipinski definition) is 4. The molecule has 0 aromatic heterocycles. The standard InChI is InChI=1S/C14H12FNO4S/c1-20-14(17)10-2-6-12(7-3-10)16-21(18,19)13-8-4-11(15)5-9-13/h2-9,17H,1H3/p-1. The van der Waals surface area contributed by atoms with E-state index in [1.54, 1.807) is 0 Å². The van der Waals surface area contributed by atoms with Crippen molar-refractivity contribution < 1.29 is 22.7 Å². The molecule has 1 aliphatic carbocycles. The highest BCUT2D eigenvalue weighted by molar-refractivity contribution is 7.90. The molecular weight excluding hydrogens is 297 g/mol. The summed E-state index contributed by atoms with van der Waals surface area (Å²) >= 11 is 0. The second-order valence-electron chi connectivity index (χ2n) is 4.06. The SMILES string of the molecule is COC([O-])=C1C=CC(=NS(=O)(=O)c2ccc(F)cc2)C=C1. The predicted molar refractivity (Wildman–Crippen MR) is 73.3 cm³/mol. The van der Waals surface area contributed by atoms with Gasteiger partial charge in [0.25, 0.3) is 10.0 Å². The lowest BCUT2D eigenvalue weighted by Gasteiger charge is -2.13. The smallest absolute Gasteiger partial charge is 0.282 e. The molecule has 2 rings (SSSR count). The maximum Gasteiger partial charge on any atom is 0.282 e. The molecule has 1 aromatic carbocycles. The second kappa shape index (κ2) is 5.92.